The first-order chi connectivity index (χ1) is 12.4. The summed E-state index contributed by atoms with van der Waals surface area (Å²) in [6, 6.07) is 5.69. The molecule has 0 unspecified atom stereocenters. The number of aryl methyl sites for hydroxylation is 2. The minimum atomic E-state index is -0.439. The van der Waals surface area contributed by atoms with Crippen LogP contribution in [0.5, 0.6) is 0 Å². The Morgan fingerprint density at radius 1 is 1.38 bits per heavy atom. The number of halogens is 1. The summed E-state index contributed by atoms with van der Waals surface area (Å²) in [5.74, 6) is -0.815. The molecule has 0 aliphatic heterocycles. The van der Waals surface area contributed by atoms with Gasteiger partial charge in [-0.2, -0.15) is 10.1 Å². The minimum absolute atomic E-state index is 0.0111. The van der Waals surface area contributed by atoms with Gasteiger partial charge in [0.1, 0.15) is 6.54 Å². The zero-order valence-electron chi connectivity index (χ0n) is 14.5. The molecule has 2 heterocycles. The first-order valence-corrected chi connectivity index (χ1v) is 9.53. The van der Waals surface area contributed by atoms with Crippen LogP contribution in [0.1, 0.15) is 23.0 Å². The fourth-order valence-corrected chi connectivity index (χ4v) is 4.16. The molecule has 0 aliphatic carbocycles. The second kappa shape index (κ2) is 7.55. The van der Waals surface area contributed by atoms with E-state index in [-0.39, 0.29) is 12.5 Å². The number of esters is 1. The number of carbonyl (C=O) groups excluding carboxylic acids is 2. The van der Waals surface area contributed by atoms with E-state index in [1.807, 2.05) is 25.1 Å². The molecule has 0 saturated carbocycles. The number of ether oxygens (including phenoxy) is 1. The van der Waals surface area contributed by atoms with E-state index in [9.17, 15) is 9.59 Å². The Labute approximate surface area is 162 Å². The van der Waals surface area contributed by atoms with Crippen LogP contribution >= 0.6 is 27.3 Å². The summed E-state index contributed by atoms with van der Waals surface area (Å²) >= 11 is 4.77. The van der Waals surface area contributed by atoms with Crippen LogP contribution in [0, 0.1) is 6.92 Å². The van der Waals surface area contributed by atoms with Crippen molar-refractivity contribution in [1.82, 2.24) is 14.3 Å². The lowest BCUT2D eigenvalue weighted by molar-refractivity contribution is -0.143. The molecule has 2 aromatic heterocycles. The van der Waals surface area contributed by atoms with Crippen molar-refractivity contribution in [2.24, 2.45) is 12.0 Å². The molecule has 0 N–H and O–H groups in total. The molecule has 0 fully saturated rings. The van der Waals surface area contributed by atoms with Crippen LogP contribution in [0.25, 0.3) is 10.2 Å². The third-order valence-corrected chi connectivity index (χ3v) is 5.18. The Bertz CT molecular complexity index is 1060. The van der Waals surface area contributed by atoms with E-state index < -0.39 is 5.91 Å². The number of aromatic nitrogens is 3. The maximum atomic E-state index is 12.6. The van der Waals surface area contributed by atoms with Gasteiger partial charge >= 0.3 is 5.97 Å². The van der Waals surface area contributed by atoms with Gasteiger partial charge in [-0.15, -0.1) is 0 Å². The van der Waals surface area contributed by atoms with E-state index in [4.69, 9.17) is 4.74 Å². The van der Waals surface area contributed by atoms with E-state index in [2.05, 4.69) is 26.0 Å². The molecule has 7 nitrogen and oxygen atoms in total. The van der Waals surface area contributed by atoms with Gasteiger partial charge in [0.05, 0.1) is 16.8 Å². The molecular weight excluding hydrogens is 420 g/mol. The Morgan fingerprint density at radius 3 is 2.81 bits per heavy atom. The number of thiazole rings is 1. The van der Waals surface area contributed by atoms with Gasteiger partial charge in [-0.3, -0.25) is 14.3 Å². The van der Waals surface area contributed by atoms with Crippen molar-refractivity contribution in [3.63, 3.8) is 0 Å². The van der Waals surface area contributed by atoms with Crippen molar-refractivity contribution in [3.8, 4) is 0 Å². The van der Waals surface area contributed by atoms with Crippen molar-refractivity contribution in [1.29, 1.82) is 0 Å². The summed E-state index contributed by atoms with van der Waals surface area (Å²) in [6.45, 7) is 3.85. The maximum absolute atomic E-state index is 12.6. The zero-order valence-corrected chi connectivity index (χ0v) is 16.9. The first-order valence-electron chi connectivity index (χ1n) is 7.93. The number of nitrogens with zero attached hydrogens (tertiary/aromatic N) is 4. The Kier molecular flexibility index (Phi) is 5.38. The highest BCUT2D eigenvalue weighted by atomic mass is 79.9. The molecule has 0 radical (unpaired) electrons. The number of fused-ring (bicyclic) bond motifs is 1. The molecule has 0 bridgehead atoms. The SMILES string of the molecule is CCOC(=O)Cn1c(=NC(=O)c2nn(C)cc2C)sc2cc(Br)ccc21. The molecule has 3 aromatic rings. The van der Waals surface area contributed by atoms with Gasteiger partial charge in [0.2, 0.25) is 0 Å². The average molecular weight is 437 g/mol. The van der Waals surface area contributed by atoms with Crippen molar-refractivity contribution in [3.05, 3.63) is 44.9 Å². The van der Waals surface area contributed by atoms with Gasteiger partial charge in [0.15, 0.2) is 10.5 Å². The van der Waals surface area contributed by atoms with Crippen LogP contribution in [-0.2, 0) is 23.1 Å². The first kappa shape index (κ1) is 18.5. The third kappa shape index (κ3) is 3.78. The quantitative estimate of drug-likeness (QED) is 0.589. The Hall–Kier alpha value is -2.26. The standard InChI is InChI=1S/C17H17BrN4O3S/c1-4-25-14(23)9-22-12-6-5-11(18)7-13(12)26-17(22)19-16(24)15-10(2)8-21(3)20-15/h5-8H,4,9H2,1-3H3. The lowest BCUT2D eigenvalue weighted by Gasteiger charge is -2.05. The lowest BCUT2D eigenvalue weighted by Crippen LogP contribution is -2.23. The summed E-state index contributed by atoms with van der Waals surface area (Å²) in [4.78, 5) is 29.2. The van der Waals surface area contributed by atoms with Gasteiger partial charge in [0.25, 0.3) is 5.91 Å². The topological polar surface area (TPSA) is 78.5 Å². The summed E-state index contributed by atoms with van der Waals surface area (Å²) in [6.07, 6.45) is 1.76. The van der Waals surface area contributed by atoms with E-state index >= 15 is 0 Å². The summed E-state index contributed by atoms with van der Waals surface area (Å²) in [7, 11) is 1.75. The second-order valence-electron chi connectivity index (χ2n) is 5.64. The van der Waals surface area contributed by atoms with Crippen molar-refractivity contribution in [2.45, 2.75) is 20.4 Å². The fourth-order valence-electron chi connectivity index (χ4n) is 2.58. The highest BCUT2D eigenvalue weighted by Gasteiger charge is 2.16. The molecule has 0 aliphatic rings. The predicted octanol–water partition coefficient (Wildman–Crippen LogP) is 2.81. The van der Waals surface area contributed by atoms with E-state index in [0.29, 0.717) is 17.1 Å². The summed E-state index contributed by atoms with van der Waals surface area (Å²) < 4.78 is 10.1. The number of benzene rings is 1. The van der Waals surface area contributed by atoms with Crippen LogP contribution in [-0.4, -0.2) is 32.8 Å². The van der Waals surface area contributed by atoms with Crippen LogP contribution < -0.4 is 4.80 Å². The highest BCUT2D eigenvalue weighted by molar-refractivity contribution is 9.10. The van der Waals surface area contributed by atoms with Crippen molar-refractivity contribution >= 4 is 49.4 Å². The molecule has 136 valence electrons. The van der Waals surface area contributed by atoms with Gasteiger partial charge in [-0.25, -0.2) is 0 Å². The summed E-state index contributed by atoms with van der Waals surface area (Å²) in [5.41, 5.74) is 1.87. The molecule has 3 rings (SSSR count). The molecular formula is C17H17BrN4O3S. The predicted molar refractivity (Wildman–Crippen MR) is 102 cm³/mol. The second-order valence-corrected chi connectivity index (χ2v) is 7.56. The van der Waals surface area contributed by atoms with E-state index in [1.54, 1.807) is 29.4 Å². The third-order valence-electron chi connectivity index (χ3n) is 3.65. The Balaban J connectivity index is 2.12. The van der Waals surface area contributed by atoms with Gasteiger partial charge in [-0.1, -0.05) is 27.3 Å². The van der Waals surface area contributed by atoms with E-state index in [0.717, 1.165) is 20.3 Å². The molecule has 0 atom stereocenters. The van der Waals surface area contributed by atoms with Gasteiger partial charge in [-0.05, 0) is 32.0 Å². The lowest BCUT2D eigenvalue weighted by atomic mass is 10.3. The van der Waals surface area contributed by atoms with Crippen LogP contribution in [0.4, 0.5) is 0 Å². The number of amides is 1. The average Bonchev–Trinajstić information content (AvgIpc) is 3.07. The van der Waals surface area contributed by atoms with Crippen molar-refractivity contribution < 1.29 is 14.3 Å². The monoisotopic (exact) mass is 436 g/mol. The molecule has 0 spiro atoms. The van der Waals surface area contributed by atoms with E-state index in [1.165, 1.54) is 11.3 Å². The van der Waals surface area contributed by atoms with Gasteiger partial charge in [0, 0.05) is 23.3 Å². The molecule has 0 saturated heterocycles. The van der Waals surface area contributed by atoms with Crippen LogP contribution in [0.3, 0.4) is 0 Å². The largest absolute Gasteiger partial charge is 0.465 e. The number of hydrogen-bond donors (Lipinski definition) is 0. The van der Waals surface area contributed by atoms with Crippen LogP contribution in [0.15, 0.2) is 33.9 Å². The number of hydrogen-bond acceptors (Lipinski definition) is 5. The number of carbonyl (C=O) groups is 2. The fraction of sp³-hybridized carbons (Fsp3) is 0.294. The molecule has 9 heteroatoms. The number of rotatable bonds is 4. The smallest absolute Gasteiger partial charge is 0.326 e. The maximum Gasteiger partial charge on any atom is 0.326 e. The van der Waals surface area contributed by atoms with Crippen molar-refractivity contribution in [2.75, 3.05) is 6.61 Å². The molecule has 1 aromatic carbocycles. The zero-order chi connectivity index (χ0) is 18.8. The summed E-state index contributed by atoms with van der Waals surface area (Å²) in [5, 5.41) is 4.16. The molecule has 26 heavy (non-hydrogen) atoms. The minimum Gasteiger partial charge on any atom is -0.465 e. The normalized spacial score (nSPS) is 11.9. The molecule has 1 amide bonds. The van der Waals surface area contributed by atoms with Crippen LogP contribution in [0.2, 0.25) is 0 Å². The Morgan fingerprint density at radius 2 is 2.15 bits per heavy atom. The van der Waals surface area contributed by atoms with Gasteiger partial charge < -0.3 is 9.30 Å². The highest BCUT2D eigenvalue weighted by Crippen LogP contribution is 2.22.